The summed E-state index contributed by atoms with van der Waals surface area (Å²) in [5.41, 5.74) is 3.64. The summed E-state index contributed by atoms with van der Waals surface area (Å²) in [6.07, 6.45) is 2.54. The predicted molar refractivity (Wildman–Crippen MR) is 82.7 cm³/mol. The van der Waals surface area contributed by atoms with E-state index in [2.05, 4.69) is 54.3 Å². The Kier molecular flexibility index (Phi) is 3.88. The number of hydrogen-bond acceptors (Lipinski definition) is 2. The number of nitrogens with one attached hydrogen (secondary N) is 1. The molecule has 1 aliphatic rings. The Balaban J connectivity index is 1.85. The van der Waals surface area contributed by atoms with Crippen LogP contribution in [-0.2, 0) is 7.05 Å². The molecule has 1 fully saturated rings. The molecule has 20 heavy (non-hydrogen) atoms. The normalized spacial score (nSPS) is 18.1. The van der Waals surface area contributed by atoms with Crippen molar-refractivity contribution in [3.8, 4) is 11.3 Å². The van der Waals surface area contributed by atoms with Crippen LogP contribution in [0, 0.1) is 5.92 Å². The predicted octanol–water partition coefficient (Wildman–Crippen LogP) is 3.19. The number of benzene rings is 1. The Morgan fingerprint density at radius 2 is 1.90 bits per heavy atom. The number of nitrogens with zero attached hydrogens (tertiary/aromatic N) is 2. The molecule has 0 amide bonds. The Bertz CT molecular complexity index is 553. The molecule has 2 aromatic rings. The molecule has 1 saturated heterocycles. The van der Waals surface area contributed by atoms with Gasteiger partial charge in [-0.1, -0.05) is 37.3 Å². The molecule has 1 aromatic carbocycles. The van der Waals surface area contributed by atoms with Crippen LogP contribution in [0.5, 0.6) is 0 Å². The van der Waals surface area contributed by atoms with E-state index in [1.54, 1.807) is 0 Å². The molecule has 0 radical (unpaired) electrons. The maximum Gasteiger partial charge on any atom is 0.0926 e. The number of rotatable bonds is 3. The Morgan fingerprint density at radius 1 is 1.20 bits per heavy atom. The van der Waals surface area contributed by atoms with Crippen molar-refractivity contribution in [1.82, 2.24) is 15.1 Å². The van der Waals surface area contributed by atoms with Crippen molar-refractivity contribution in [2.45, 2.75) is 25.7 Å². The van der Waals surface area contributed by atoms with Crippen LogP contribution in [0.2, 0.25) is 0 Å². The molecule has 0 aliphatic carbocycles. The first kappa shape index (κ1) is 13.4. The van der Waals surface area contributed by atoms with Crippen LogP contribution in [0.1, 0.15) is 31.4 Å². The number of aromatic nitrogens is 2. The zero-order valence-corrected chi connectivity index (χ0v) is 12.3. The zero-order chi connectivity index (χ0) is 13.9. The van der Waals surface area contributed by atoms with E-state index < -0.39 is 0 Å². The molecule has 3 heteroatoms. The van der Waals surface area contributed by atoms with Crippen molar-refractivity contribution in [3.05, 3.63) is 42.1 Å². The molecule has 0 saturated carbocycles. The van der Waals surface area contributed by atoms with Crippen molar-refractivity contribution >= 4 is 0 Å². The monoisotopic (exact) mass is 269 g/mol. The maximum atomic E-state index is 4.70. The Labute approximate surface area is 121 Å². The minimum absolute atomic E-state index is 0.576. The van der Waals surface area contributed by atoms with Crippen molar-refractivity contribution in [2.24, 2.45) is 13.0 Å². The lowest BCUT2D eigenvalue weighted by atomic mass is 9.84. The first-order chi connectivity index (χ1) is 9.75. The third kappa shape index (κ3) is 2.63. The molecule has 0 bridgehead atoms. The number of aryl methyl sites for hydroxylation is 1. The van der Waals surface area contributed by atoms with Gasteiger partial charge in [-0.15, -0.1) is 0 Å². The van der Waals surface area contributed by atoms with Gasteiger partial charge in [0, 0.05) is 24.2 Å². The zero-order valence-electron chi connectivity index (χ0n) is 12.3. The fourth-order valence-corrected chi connectivity index (χ4v) is 3.24. The van der Waals surface area contributed by atoms with Gasteiger partial charge in [0.2, 0.25) is 0 Å². The molecular formula is C17H23N3. The van der Waals surface area contributed by atoms with E-state index in [1.165, 1.54) is 24.1 Å². The quantitative estimate of drug-likeness (QED) is 0.927. The third-order valence-electron chi connectivity index (χ3n) is 4.54. The van der Waals surface area contributed by atoms with Gasteiger partial charge in [0.15, 0.2) is 0 Å². The summed E-state index contributed by atoms with van der Waals surface area (Å²) in [5.74, 6) is 1.35. The second-order valence-electron chi connectivity index (χ2n) is 5.82. The van der Waals surface area contributed by atoms with E-state index in [1.807, 2.05) is 6.07 Å². The van der Waals surface area contributed by atoms with E-state index >= 15 is 0 Å². The summed E-state index contributed by atoms with van der Waals surface area (Å²) in [7, 11) is 2.07. The lowest BCUT2D eigenvalue weighted by Gasteiger charge is -2.28. The fraction of sp³-hybridized carbons (Fsp3) is 0.471. The van der Waals surface area contributed by atoms with Crippen LogP contribution in [0.4, 0.5) is 0 Å². The third-order valence-corrected chi connectivity index (χ3v) is 4.54. The standard InChI is InChI=1S/C17H23N3/c1-13(14-8-10-18-11-9-14)17-12-16(19-20(17)2)15-6-4-3-5-7-15/h3-7,12-14,18H,8-11H2,1-2H3. The molecule has 0 spiro atoms. The lowest BCUT2D eigenvalue weighted by Crippen LogP contribution is -2.30. The lowest BCUT2D eigenvalue weighted by molar-refractivity contribution is 0.322. The molecule has 2 heterocycles. The minimum Gasteiger partial charge on any atom is -0.317 e. The van der Waals surface area contributed by atoms with Gasteiger partial charge in [-0.05, 0) is 37.9 Å². The number of hydrogen-bond donors (Lipinski definition) is 1. The topological polar surface area (TPSA) is 29.9 Å². The molecule has 1 unspecified atom stereocenters. The summed E-state index contributed by atoms with van der Waals surface area (Å²) < 4.78 is 2.06. The second kappa shape index (κ2) is 5.80. The van der Waals surface area contributed by atoms with Crippen molar-refractivity contribution in [3.63, 3.8) is 0 Å². The molecule has 3 nitrogen and oxygen atoms in total. The van der Waals surface area contributed by atoms with Gasteiger partial charge in [0.05, 0.1) is 5.69 Å². The first-order valence-electron chi connectivity index (χ1n) is 7.56. The highest BCUT2D eigenvalue weighted by molar-refractivity contribution is 5.59. The SMILES string of the molecule is CC(c1cc(-c2ccccc2)nn1C)C1CCNCC1. The second-order valence-corrected chi connectivity index (χ2v) is 5.82. The van der Waals surface area contributed by atoms with Gasteiger partial charge in [0.1, 0.15) is 0 Å². The van der Waals surface area contributed by atoms with Gasteiger partial charge in [-0.3, -0.25) is 4.68 Å². The molecule has 1 aromatic heterocycles. The van der Waals surface area contributed by atoms with Crippen LogP contribution < -0.4 is 5.32 Å². The van der Waals surface area contributed by atoms with E-state index in [0.717, 1.165) is 24.7 Å². The highest BCUT2D eigenvalue weighted by atomic mass is 15.3. The van der Waals surface area contributed by atoms with Gasteiger partial charge < -0.3 is 5.32 Å². The maximum absolute atomic E-state index is 4.70. The van der Waals surface area contributed by atoms with Crippen LogP contribution in [-0.4, -0.2) is 22.9 Å². The van der Waals surface area contributed by atoms with E-state index in [9.17, 15) is 0 Å². The molecule has 1 atom stereocenters. The Morgan fingerprint density at radius 3 is 2.60 bits per heavy atom. The molecule has 3 rings (SSSR count). The average molecular weight is 269 g/mol. The molecule has 106 valence electrons. The fourth-order valence-electron chi connectivity index (χ4n) is 3.24. The first-order valence-corrected chi connectivity index (χ1v) is 7.56. The Hall–Kier alpha value is -1.61. The summed E-state index contributed by atoms with van der Waals surface area (Å²) >= 11 is 0. The molecular weight excluding hydrogens is 246 g/mol. The summed E-state index contributed by atoms with van der Waals surface area (Å²) in [6, 6.07) is 12.7. The molecule has 1 aliphatic heterocycles. The number of piperidine rings is 1. The van der Waals surface area contributed by atoms with Crippen LogP contribution in [0.15, 0.2) is 36.4 Å². The highest BCUT2D eigenvalue weighted by Gasteiger charge is 2.24. The minimum atomic E-state index is 0.576. The smallest absolute Gasteiger partial charge is 0.0926 e. The largest absolute Gasteiger partial charge is 0.317 e. The van der Waals surface area contributed by atoms with Crippen molar-refractivity contribution < 1.29 is 0 Å². The van der Waals surface area contributed by atoms with E-state index in [4.69, 9.17) is 5.10 Å². The van der Waals surface area contributed by atoms with Gasteiger partial charge in [0.25, 0.3) is 0 Å². The van der Waals surface area contributed by atoms with Gasteiger partial charge in [-0.2, -0.15) is 5.10 Å². The summed E-state index contributed by atoms with van der Waals surface area (Å²) in [6.45, 7) is 4.65. The summed E-state index contributed by atoms with van der Waals surface area (Å²) in [5, 5.41) is 8.14. The highest BCUT2D eigenvalue weighted by Crippen LogP contribution is 2.32. The van der Waals surface area contributed by atoms with Gasteiger partial charge >= 0.3 is 0 Å². The molecule has 1 N–H and O–H groups in total. The van der Waals surface area contributed by atoms with E-state index in [-0.39, 0.29) is 0 Å². The van der Waals surface area contributed by atoms with Crippen LogP contribution in [0.25, 0.3) is 11.3 Å². The van der Waals surface area contributed by atoms with Crippen LogP contribution >= 0.6 is 0 Å². The average Bonchev–Trinajstić information content (AvgIpc) is 2.90. The summed E-state index contributed by atoms with van der Waals surface area (Å²) in [4.78, 5) is 0. The van der Waals surface area contributed by atoms with Crippen molar-refractivity contribution in [1.29, 1.82) is 0 Å². The van der Waals surface area contributed by atoms with Crippen molar-refractivity contribution in [2.75, 3.05) is 13.1 Å². The van der Waals surface area contributed by atoms with Gasteiger partial charge in [-0.25, -0.2) is 0 Å². The van der Waals surface area contributed by atoms with Crippen LogP contribution in [0.3, 0.4) is 0 Å². The van der Waals surface area contributed by atoms with E-state index in [0.29, 0.717) is 5.92 Å².